The number of piperazine rings is 1. The number of pyridine rings is 1. The third-order valence-corrected chi connectivity index (χ3v) is 16.7. The van der Waals surface area contributed by atoms with Crippen molar-refractivity contribution in [2.24, 2.45) is 11.0 Å². The number of hydroxylamine groups is 2. The third-order valence-electron chi connectivity index (χ3n) is 13.4. The van der Waals surface area contributed by atoms with Crippen LogP contribution in [-0.4, -0.2) is 134 Å². The molecule has 4 heterocycles. The average molecular weight is 1040 g/mol. The second-order valence-corrected chi connectivity index (χ2v) is 22.5. The molecule has 3 saturated heterocycles. The molecule has 3 N–H and O–H groups in total. The van der Waals surface area contributed by atoms with Gasteiger partial charge in [-0.2, -0.15) is 5.10 Å². The Morgan fingerprint density at radius 1 is 0.932 bits per heavy atom. The first-order valence-electron chi connectivity index (χ1n) is 26.0. The van der Waals surface area contributed by atoms with Crippen LogP contribution in [-0.2, 0) is 46.6 Å². The van der Waals surface area contributed by atoms with Gasteiger partial charge in [-0.05, 0) is 112 Å². The lowest BCUT2D eigenvalue weighted by Crippen LogP contribution is -2.55. The van der Waals surface area contributed by atoms with Crippen LogP contribution in [0.25, 0.3) is 0 Å². The van der Waals surface area contributed by atoms with Crippen molar-refractivity contribution in [3.63, 3.8) is 0 Å². The minimum absolute atomic E-state index is 0.00973. The number of anilines is 1. The fourth-order valence-electron chi connectivity index (χ4n) is 9.39. The van der Waals surface area contributed by atoms with E-state index in [0.29, 0.717) is 67.6 Å². The van der Waals surface area contributed by atoms with Crippen LogP contribution >= 0.6 is 21.6 Å². The summed E-state index contributed by atoms with van der Waals surface area (Å²) < 4.78 is 37.1. The summed E-state index contributed by atoms with van der Waals surface area (Å²) in [5, 5.41) is 10.5. The van der Waals surface area contributed by atoms with Gasteiger partial charge in [-0.15, -0.1) is 5.06 Å². The second kappa shape index (κ2) is 24.8. The van der Waals surface area contributed by atoms with Crippen LogP contribution < -0.4 is 20.8 Å². The highest BCUT2D eigenvalue weighted by molar-refractivity contribution is 8.77. The van der Waals surface area contributed by atoms with Crippen molar-refractivity contribution < 1.29 is 50.3 Å². The van der Waals surface area contributed by atoms with Crippen molar-refractivity contribution in [3.05, 3.63) is 89.0 Å². The number of hydrogen-bond acceptors (Lipinski definition) is 14. The number of urea groups is 1. The lowest BCUT2D eigenvalue weighted by molar-refractivity contribution is -0.197. The minimum Gasteiger partial charge on any atom is -0.494 e. The fourth-order valence-corrected chi connectivity index (χ4v) is 11.9. The predicted octanol–water partition coefficient (Wildman–Crippen LogP) is 6.34. The number of imide groups is 1. The van der Waals surface area contributed by atoms with Gasteiger partial charge >= 0.3 is 12.0 Å². The molecule has 3 aromatic rings. The lowest BCUT2D eigenvalue weighted by atomic mass is 9.90. The molecule has 0 unspecified atom stereocenters. The molecule has 0 radical (unpaired) electrons. The molecule has 73 heavy (non-hydrogen) atoms. The number of aromatic nitrogens is 1. The topological polar surface area (TPSA) is 212 Å². The molecule has 1 aromatic heterocycles. The number of hydrazone groups is 1. The van der Waals surface area contributed by atoms with E-state index in [1.165, 1.54) is 12.1 Å². The van der Waals surface area contributed by atoms with Crippen molar-refractivity contribution in [3.8, 4) is 5.75 Å². The number of nitrogens with zero attached hydrogens (tertiary/aromatic N) is 6. The zero-order valence-corrected chi connectivity index (χ0v) is 42.8. The summed E-state index contributed by atoms with van der Waals surface area (Å²) in [6.45, 7) is 8.08. The van der Waals surface area contributed by atoms with E-state index in [0.717, 1.165) is 55.6 Å². The fraction of sp³-hybridized carbons (Fsp3) is 0.519. The Kier molecular flexibility index (Phi) is 17.1. The number of carbonyl (C=O) groups is 7. The predicted molar refractivity (Wildman–Crippen MR) is 274 cm³/mol. The van der Waals surface area contributed by atoms with Crippen LogP contribution in [0, 0.1) is 11.7 Å². The van der Waals surface area contributed by atoms with E-state index >= 15 is 4.39 Å². The molecule has 2 aliphatic carbocycles. The number of ether oxygens (including phenoxy) is 1. The summed E-state index contributed by atoms with van der Waals surface area (Å²) >= 11 is 0. The highest BCUT2D eigenvalue weighted by Gasteiger charge is 2.44. The standard InChI is InChI=1S/C52H64FN9O9S2/c1-52(2,31-45(63)58-57-44-8-3-6-34-28-39(12-13-40(34)44)70-26-5-9-49(67)71-62-47(65)14-15-48(62)66)73-72-27-18-46(64)60-24-22-59(23-25-60)38-16-20-61(21-17-38)51(69)55-33-36-10-11-37(29-43(36)53)56-50(68)42-30-41(42)35-7-4-19-54-32-35/h4,7,10-13,19,28-29,32,38,41-42H,3,5-6,8-9,14-18,20-27,30-31,33H2,1-2H3,(H,55,69)(H,56,68)(H,58,63)/b57-44+/t41-,42+/m1/s1/i30D2. The number of benzene rings is 2. The van der Waals surface area contributed by atoms with Crippen LogP contribution in [0.2, 0.25) is 0 Å². The first kappa shape index (κ1) is 50.5. The molecule has 2 atom stereocenters. The molecule has 0 bridgehead atoms. The van der Waals surface area contributed by atoms with Gasteiger partial charge in [-0.1, -0.05) is 33.7 Å². The number of rotatable bonds is 20. The van der Waals surface area contributed by atoms with Crippen LogP contribution in [0.15, 0.2) is 66.0 Å². The van der Waals surface area contributed by atoms with Gasteiger partial charge < -0.3 is 30.0 Å². The second-order valence-electron chi connectivity index (χ2n) is 19.4. The van der Waals surface area contributed by atoms with E-state index in [1.54, 1.807) is 57.1 Å². The Morgan fingerprint density at radius 2 is 1.71 bits per heavy atom. The Bertz CT molecular complexity index is 2640. The molecule has 18 nitrogen and oxygen atoms in total. The Labute approximate surface area is 435 Å². The van der Waals surface area contributed by atoms with E-state index in [-0.39, 0.29) is 74.0 Å². The number of nitrogens with one attached hydrogen (secondary N) is 3. The number of piperidine rings is 1. The quantitative estimate of drug-likeness (QED) is 0.0489. The largest absolute Gasteiger partial charge is 0.494 e. The molecule has 2 aromatic carbocycles. The SMILES string of the molecule is [2H]C1([2H])[C@H](C(=O)Nc2ccc(CNC(=O)N3CCC(N4CCN(C(=O)CCSSC(C)(C)CC(=O)N/N=C5\CCCc6cc(OCCCC(=O)ON7C(=O)CCC7=O)ccc65)CC4)CC3)c(F)c2)[C@H]1c1cccnc1. The zero-order chi connectivity index (χ0) is 53.3. The Balaban J connectivity index is 0.670. The summed E-state index contributed by atoms with van der Waals surface area (Å²) in [6, 6.07) is 13.3. The minimum atomic E-state index is -1.73. The monoisotopic (exact) mass is 1040 g/mol. The van der Waals surface area contributed by atoms with Gasteiger partial charge in [0.1, 0.15) is 11.6 Å². The summed E-state index contributed by atoms with van der Waals surface area (Å²) in [5.41, 5.74) is 6.63. The molecule has 390 valence electrons. The van der Waals surface area contributed by atoms with Gasteiger partial charge in [0.15, 0.2) is 0 Å². The van der Waals surface area contributed by atoms with Crippen molar-refractivity contribution in [1.82, 2.24) is 35.5 Å². The maximum absolute atomic E-state index is 15.1. The number of amides is 7. The van der Waals surface area contributed by atoms with Crippen LogP contribution in [0.4, 0.5) is 14.9 Å². The maximum atomic E-state index is 15.1. The van der Waals surface area contributed by atoms with Crippen LogP contribution in [0.3, 0.4) is 0 Å². The molecule has 7 amide bonds. The van der Waals surface area contributed by atoms with E-state index in [9.17, 15) is 33.6 Å². The Morgan fingerprint density at radius 3 is 2.45 bits per heavy atom. The van der Waals surface area contributed by atoms with Gasteiger partial charge in [-0.3, -0.25) is 33.9 Å². The van der Waals surface area contributed by atoms with Gasteiger partial charge in [0.2, 0.25) is 17.7 Å². The number of halogens is 1. The molecule has 3 aliphatic heterocycles. The van der Waals surface area contributed by atoms with Gasteiger partial charge in [0.05, 0.1) is 18.7 Å². The van der Waals surface area contributed by atoms with E-state index in [2.05, 4.69) is 31.0 Å². The van der Waals surface area contributed by atoms with Crippen molar-refractivity contribution in [2.45, 2.75) is 114 Å². The molecule has 5 aliphatic rings. The molecule has 4 fully saturated rings. The highest BCUT2D eigenvalue weighted by Crippen LogP contribution is 2.47. The number of likely N-dealkylation sites (tertiary alicyclic amines) is 1. The van der Waals surface area contributed by atoms with Crippen molar-refractivity contribution in [1.29, 1.82) is 0 Å². The number of fused-ring (bicyclic) bond motifs is 1. The molecule has 0 spiro atoms. The van der Waals surface area contributed by atoms with Gasteiger partial charge in [-0.25, -0.2) is 19.4 Å². The van der Waals surface area contributed by atoms with E-state index in [1.807, 2.05) is 36.9 Å². The number of aryl methyl sites for hydroxylation is 1. The van der Waals surface area contributed by atoms with Crippen molar-refractivity contribution in [2.75, 3.05) is 56.9 Å². The molecular weight excluding hydrogens is 978 g/mol. The third kappa shape index (κ3) is 14.8. The first-order valence-corrected chi connectivity index (χ1v) is 27.3. The average Bonchev–Trinajstić information content (AvgIpc) is 3.90. The van der Waals surface area contributed by atoms with Crippen LogP contribution in [0.5, 0.6) is 5.75 Å². The maximum Gasteiger partial charge on any atom is 0.333 e. The zero-order valence-electron chi connectivity index (χ0n) is 43.2. The molecule has 21 heteroatoms. The van der Waals surface area contributed by atoms with E-state index in [4.69, 9.17) is 12.3 Å². The summed E-state index contributed by atoms with van der Waals surface area (Å²) in [6.07, 6.45) is 6.41. The van der Waals surface area contributed by atoms with Gasteiger partial charge in [0.25, 0.3) is 11.8 Å². The van der Waals surface area contributed by atoms with E-state index < -0.39 is 52.5 Å². The molecule has 8 rings (SSSR count). The summed E-state index contributed by atoms with van der Waals surface area (Å²) in [4.78, 5) is 103. The lowest BCUT2D eigenvalue weighted by Gasteiger charge is -2.42. The van der Waals surface area contributed by atoms with Gasteiger partial charge in [0, 0.05) is 126 Å². The molecular formula is C52H64FN9O9S2. The van der Waals surface area contributed by atoms with Crippen LogP contribution in [0.1, 0.15) is 115 Å². The molecule has 1 saturated carbocycles. The van der Waals surface area contributed by atoms with Crippen molar-refractivity contribution >= 4 is 74.5 Å². The number of hydrogen-bond donors (Lipinski definition) is 3. The highest BCUT2D eigenvalue weighted by atomic mass is 33.1. The summed E-state index contributed by atoms with van der Waals surface area (Å²) in [5.74, 6) is -3.22. The number of carbonyl (C=O) groups excluding carboxylic acids is 7. The smallest absolute Gasteiger partial charge is 0.333 e. The normalized spacial score (nSPS) is 21.0. The summed E-state index contributed by atoms with van der Waals surface area (Å²) in [7, 11) is 3.16. The Hall–Kier alpha value is -6.06. The first-order chi connectivity index (χ1) is 36.0.